The lowest BCUT2D eigenvalue weighted by molar-refractivity contribution is -0.00184. The number of anilines is 1. The molecule has 3 aliphatic carbocycles. The first-order chi connectivity index (χ1) is 19.6. The summed E-state index contributed by atoms with van der Waals surface area (Å²) in [7, 11) is -3.83. The average Bonchev–Trinajstić information content (AvgIpc) is 3.72. The molecule has 0 unspecified atom stereocenters. The van der Waals surface area contributed by atoms with Crippen LogP contribution in [0.4, 0.5) is 5.69 Å². The van der Waals surface area contributed by atoms with Crippen LogP contribution >= 0.6 is 11.6 Å². The Hall–Kier alpha value is -2.29. The Balaban J connectivity index is 1.29. The standard InChI is InChI=1S/C32H39ClN2O5S/c1-19-4-5-20-14-26(20)30(36)25-9-6-23(25)16-35-17-32(12-2-3-21-13-24(33)8-10-27(21)32)18-40-29-11-7-22(15-28(29)35)31(37)34-41(19,38)39/h7-8,10-11,13,15,19-20,23,25-26,30,36H,2-6,9,12,14,16-18H2,1H3,(H,34,37)/t19-,20+,23+,25-,26+,30-,32+/m1/s1. The molecular formula is C32H39ClN2O5S. The van der Waals surface area contributed by atoms with E-state index in [1.807, 2.05) is 12.1 Å². The normalized spacial score (nSPS) is 36.0. The fourth-order valence-corrected chi connectivity index (χ4v) is 9.26. The second-order valence-electron chi connectivity index (χ2n) is 13.3. The maximum Gasteiger partial charge on any atom is 0.264 e. The molecule has 41 heavy (non-hydrogen) atoms. The number of nitrogens with one attached hydrogen (secondary N) is 1. The summed E-state index contributed by atoms with van der Waals surface area (Å²) in [6.07, 6.45) is 6.93. The van der Waals surface area contributed by atoms with Crippen molar-refractivity contribution < 1.29 is 23.1 Å². The van der Waals surface area contributed by atoms with Gasteiger partial charge in [-0.15, -0.1) is 0 Å². The third-order valence-corrected chi connectivity index (χ3v) is 12.8. The molecule has 2 aliphatic heterocycles. The Morgan fingerprint density at radius 1 is 1.07 bits per heavy atom. The van der Waals surface area contributed by atoms with E-state index >= 15 is 0 Å². The van der Waals surface area contributed by atoms with Gasteiger partial charge in [0.2, 0.25) is 10.0 Å². The first-order valence-corrected chi connectivity index (χ1v) is 17.1. The summed E-state index contributed by atoms with van der Waals surface area (Å²) < 4.78 is 35.0. The van der Waals surface area contributed by atoms with Crippen molar-refractivity contribution in [2.45, 2.75) is 75.1 Å². The van der Waals surface area contributed by atoms with Crippen LogP contribution in [0.3, 0.4) is 0 Å². The zero-order chi connectivity index (χ0) is 28.5. The molecule has 2 aromatic carbocycles. The molecule has 7 nitrogen and oxygen atoms in total. The number of aliphatic hydroxyl groups is 1. The van der Waals surface area contributed by atoms with E-state index in [1.165, 1.54) is 11.1 Å². The first-order valence-electron chi connectivity index (χ1n) is 15.2. The number of benzene rings is 2. The van der Waals surface area contributed by atoms with Crippen molar-refractivity contribution in [2.24, 2.45) is 23.7 Å². The van der Waals surface area contributed by atoms with Gasteiger partial charge in [0.15, 0.2) is 0 Å². The molecule has 9 heteroatoms. The number of halogens is 1. The quantitative estimate of drug-likeness (QED) is 0.439. The van der Waals surface area contributed by atoms with E-state index in [-0.39, 0.29) is 23.4 Å². The highest BCUT2D eigenvalue weighted by atomic mass is 35.5. The van der Waals surface area contributed by atoms with Crippen LogP contribution in [-0.2, 0) is 21.9 Å². The number of sulfonamides is 1. The van der Waals surface area contributed by atoms with Gasteiger partial charge in [0.05, 0.1) is 23.6 Å². The summed E-state index contributed by atoms with van der Waals surface area (Å²) in [4.78, 5) is 15.6. The van der Waals surface area contributed by atoms with Gasteiger partial charge in [0.1, 0.15) is 5.75 Å². The number of hydrogen-bond acceptors (Lipinski definition) is 6. The van der Waals surface area contributed by atoms with E-state index < -0.39 is 21.2 Å². The molecule has 1 spiro atoms. The van der Waals surface area contributed by atoms with Crippen molar-refractivity contribution in [1.82, 2.24) is 4.72 Å². The Morgan fingerprint density at radius 3 is 2.71 bits per heavy atom. The zero-order valence-corrected chi connectivity index (χ0v) is 25.1. The van der Waals surface area contributed by atoms with Crippen molar-refractivity contribution in [3.63, 3.8) is 0 Å². The largest absolute Gasteiger partial charge is 0.490 e. The lowest BCUT2D eigenvalue weighted by atomic mass is 9.68. The number of nitrogens with zero attached hydrogens (tertiary/aromatic N) is 1. The maximum absolute atomic E-state index is 13.3. The van der Waals surface area contributed by atoms with Crippen LogP contribution in [0.15, 0.2) is 36.4 Å². The van der Waals surface area contributed by atoms with Gasteiger partial charge in [-0.3, -0.25) is 4.79 Å². The van der Waals surface area contributed by atoms with Gasteiger partial charge in [-0.25, -0.2) is 13.1 Å². The van der Waals surface area contributed by atoms with Crippen LogP contribution in [0.25, 0.3) is 0 Å². The molecule has 2 saturated carbocycles. The maximum atomic E-state index is 13.3. The summed E-state index contributed by atoms with van der Waals surface area (Å²) in [5, 5.41) is 11.5. The summed E-state index contributed by atoms with van der Waals surface area (Å²) in [6, 6.07) is 11.5. The molecule has 2 aromatic rings. The summed E-state index contributed by atoms with van der Waals surface area (Å²) >= 11 is 6.39. The van der Waals surface area contributed by atoms with Crippen molar-refractivity contribution in [1.29, 1.82) is 0 Å². The molecule has 220 valence electrons. The molecule has 1 amide bonds. The molecule has 0 saturated heterocycles. The average molecular weight is 599 g/mol. The zero-order valence-electron chi connectivity index (χ0n) is 23.5. The van der Waals surface area contributed by atoms with Gasteiger partial charge in [-0.2, -0.15) is 0 Å². The number of aryl methyl sites for hydroxylation is 1. The van der Waals surface area contributed by atoms with Gasteiger partial charge in [0.25, 0.3) is 5.91 Å². The Labute approximate surface area is 247 Å². The van der Waals surface area contributed by atoms with E-state index in [1.54, 1.807) is 19.1 Å². The number of fused-ring (bicyclic) bond motifs is 5. The van der Waals surface area contributed by atoms with Crippen molar-refractivity contribution in [3.8, 4) is 5.75 Å². The highest BCUT2D eigenvalue weighted by Gasteiger charge is 2.50. The monoisotopic (exact) mass is 598 g/mol. The number of ether oxygens (including phenoxy) is 1. The minimum atomic E-state index is -3.83. The van der Waals surface area contributed by atoms with Crippen LogP contribution < -0.4 is 14.4 Å². The van der Waals surface area contributed by atoms with Gasteiger partial charge in [0, 0.05) is 29.1 Å². The van der Waals surface area contributed by atoms with Crippen LogP contribution in [0.5, 0.6) is 5.75 Å². The lowest BCUT2D eigenvalue weighted by Crippen LogP contribution is -2.50. The number of rotatable bonds is 0. The van der Waals surface area contributed by atoms with Crippen LogP contribution in [0, 0.1) is 23.7 Å². The van der Waals surface area contributed by atoms with Gasteiger partial charge in [-0.05, 0) is 123 Å². The van der Waals surface area contributed by atoms with Crippen molar-refractivity contribution in [2.75, 3.05) is 24.6 Å². The van der Waals surface area contributed by atoms with Gasteiger partial charge >= 0.3 is 0 Å². The van der Waals surface area contributed by atoms with E-state index in [4.69, 9.17) is 16.3 Å². The second-order valence-corrected chi connectivity index (χ2v) is 15.8. The van der Waals surface area contributed by atoms with E-state index in [0.29, 0.717) is 36.2 Å². The topological polar surface area (TPSA) is 95.9 Å². The number of carbonyl (C=O) groups excluding carboxylic acids is 1. The minimum absolute atomic E-state index is 0.237. The number of carbonyl (C=O) groups is 1. The highest BCUT2D eigenvalue weighted by Crippen LogP contribution is 2.52. The minimum Gasteiger partial charge on any atom is -0.490 e. The smallest absolute Gasteiger partial charge is 0.264 e. The van der Waals surface area contributed by atoms with Crippen LogP contribution in [0.1, 0.15) is 73.4 Å². The second kappa shape index (κ2) is 10.2. The summed E-state index contributed by atoms with van der Waals surface area (Å²) in [5.41, 5.74) is 3.43. The predicted octanol–water partition coefficient (Wildman–Crippen LogP) is 5.08. The van der Waals surface area contributed by atoms with Gasteiger partial charge in [-0.1, -0.05) is 17.7 Å². The number of amides is 1. The number of aliphatic hydroxyl groups excluding tert-OH is 1. The molecular weight excluding hydrogens is 560 g/mol. The fourth-order valence-electron chi connectivity index (χ4n) is 8.04. The van der Waals surface area contributed by atoms with E-state index in [0.717, 1.165) is 68.7 Å². The van der Waals surface area contributed by atoms with Gasteiger partial charge < -0.3 is 14.7 Å². The molecule has 2 bridgehead atoms. The van der Waals surface area contributed by atoms with Crippen LogP contribution in [-0.4, -0.2) is 50.5 Å². The summed E-state index contributed by atoms with van der Waals surface area (Å²) in [5.74, 6) is 1.29. The highest BCUT2D eigenvalue weighted by molar-refractivity contribution is 7.90. The molecule has 0 aromatic heterocycles. The Bertz CT molecular complexity index is 1480. The first kappa shape index (κ1) is 27.5. The van der Waals surface area contributed by atoms with Crippen molar-refractivity contribution >= 4 is 33.2 Å². The molecule has 2 N–H and O–H groups in total. The molecule has 2 heterocycles. The van der Waals surface area contributed by atoms with Crippen molar-refractivity contribution in [3.05, 3.63) is 58.1 Å². The summed E-state index contributed by atoms with van der Waals surface area (Å²) in [6.45, 7) is 3.67. The molecule has 2 fully saturated rings. The molecule has 0 radical (unpaired) electrons. The van der Waals surface area contributed by atoms with Crippen LogP contribution in [0.2, 0.25) is 5.02 Å². The molecule has 7 rings (SSSR count). The Morgan fingerprint density at radius 2 is 1.90 bits per heavy atom. The van der Waals surface area contributed by atoms with E-state index in [2.05, 4.69) is 21.8 Å². The molecule has 5 aliphatic rings. The third kappa shape index (κ3) is 4.94. The molecule has 7 atom stereocenters. The fraction of sp³-hybridized carbons (Fsp3) is 0.594. The lowest BCUT2D eigenvalue weighted by Gasteiger charge is -2.46. The third-order valence-electron chi connectivity index (χ3n) is 10.8. The predicted molar refractivity (Wildman–Crippen MR) is 159 cm³/mol. The van der Waals surface area contributed by atoms with E-state index in [9.17, 15) is 18.3 Å². The number of hydrogen-bond donors (Lipinski definition) is 2. The Kier molecular flexibility index (Phi) is 6.83. The SMILES string of the molecule is C[C@@H]1CC[C@H]2C[C@@H]2[C@H](O)[C@@H]2CC[C@H]2CN2C[C@@]3(CCCc4cc(Cl)ccc43)COc3ccc(cc32)C(=O)NS1(=O)=O.